The number of carbonyl (C=O) groups is 2. The molecule has 2 rings (SSSR count). The fraction of sp³-hybridized carbons (Fsp3) is 0.579. The van der Waals surface area contributed by atoms with Gasteiger partial charge in [-0.25, -0.2) is 0 Å². The van der Waals surface area contributed by atoms with Crippen LogP contribution in [0, 0.1) is 5.92 Å². The van der Waals surface area contributed by atoms with Crippen molar-refractivity contribution in [2.45, 2.75) is 27.2 Å². The van der Waals surface area contributed by atoms with E-state index in [1.807, 2.05) is 24.3 Å². The van der Waals surface area contributed by atoms with E-state index in [0.717, 1.165) is 24.5 Å². The molecule has 138 valence electrons. The summed E-state index contributed by atoms with van der Waals surface area (Å²) < 4.78 is 5.42. The maximum Gasteiger partial charge on any atom is 0.223 e. The van der Waals surface area contributed by atoms with Crippen molar-refractivity contribution in [2.75, 3.05) is 49.2 Å². The SMILES string of the molecule is CC(=O)N(CCC(=O)NCC(C)C)c1ccccc1N1CCOCC1. The normalized spacial score (nSPS) is 14.5. The summed E-state index contributed by atoms with van der Waals surface area (Å²) in [5, 5.41) is 2.90. The van der Waals surface area contributed by atoms with Crippen LogP contribution < -0.4 is 15.1 Å². The summed E-state index contributed by atoms with van der Waals surface area (Å²) >= 11 is 0. The molecule has 0 aromatic heterocycles. The molecule has 0 radical (unpaired) electrons. The van der Waals surface area contributed by atoms with E-state index in [9.17, 15) is 9.59 Å². The Morgan fingerprint density at radius 3 is 2.56 bits per heavy atom. The van der Waals surface area contributed by atoms with Crippen LogP contribution in [0.15, 0.2) is 24.3 Å². The molecule has 6 nitrogen and oxygen atoms in total. The van der Waals surface area contributed by atoms with Crippen molar-refractivity contribution in [1.82, 2.24) is 5.32 Å². The van der Waals surface area contributed by atoms with Crippen LogP contribution in [0.5, 0.6) is 0 Å². The smallest absolute Gasteiger partial charge is 0.223 e. The number of nitrogens with zero attached hydrogens (tertiary/aromatic N) is 2. The van der Waals surface area contributed by atoms with Crippen LogP contribution in [0.4, 0.5) is 11.4 Å². The predicted molar refractivity (Wildman–Crippen MR) is 100.0 cm³/mol. The van der Waals surface area contributed by atoms with Crippen molar-refractivity contribution in [3.8, 4) is 0 Å². The molecule has 1 N–H and O–H groups in total. The summed E-state index contributed by atoms with van der Waals surface area (Å²) in [7, 11) is 0. The van der Waals surface area contributed by atoms with E-state index in [0.29, 0.717) is 38.6 Å². The molecule has 1 aromatic rings. The number of nitrogens with one attached hydrogen (secondary N) is 1. The highest BCUT2D eigenvalue weighted by Gasteiger charge is 2.21. The summed E-state index contributed by atoms with van der Waals surface area (Å²) in [4.78, 5) is 28.1. The average molecular weight is 347 g/mol. The van der Waals surface area contributed by atoms with Gasteiger partial charge in [-0.1, -0.05) is 26.0 Å². The van der Waals surface area contributed by atoms with Gasteiger partial charge < -0.3 is 19.9 Å². The molecule has 0 saturated carbocycles. The zero-order valence-electron chi connectivity index (χ0n) is 15.5. The zero-order valence-corrected chi connectivity index (χ0v) is 15.5. The molecule has 1 aliphatic rings. The maximum atomic E-state index is 12.2. The minimum absolute atomic E-state index is 0.0243. The van der Waals surface area contributed by atoms with Crippen LogP contribution in [0.2, 0.25) is 0 Å². The van der Waals surface area contributed by atoms with E-state index >= 15 is 0 Å². The fourth-order valence-electron chi connectivity index (χ4n) is 2.83. The van der Waals surface area contributed by atoms with E-state index < -0.39 is 0 Å². The molecule has 6 heteroatoms. The number of para-hydroxylation sites is 2. The van der Waals surface area contributed by atoms with Gasteiger partial charge in [-0.05, 0) is 18.1 Å². The van der Waals surface area contributed by atoms with Gasteiger partial charge in [0.1, 0.15) is 0 Å². The monoisotopic (exact) mass is 347 g/mol. The second-order valence-corrected chi connectivity index (χ2v) is 6.71. The average Bonchev–Trinajstić information content (AvgIpc) is 2.61. The molecule has 1 saturated heterocycles. The topological polar surface area (TPSA) is 61.9 Å². The highest BCUT2D eigenvalue weighted by atomic mass is 16.5. The van der Waals surface area contributed by atoms with Crippen molar-refractivity contribution >= 4 is 23.2 Å². The van der Waals surface area contributed by atoms with Gasteiger partial charge in [-0.15, -0.1) is 0 Å². The second-order valence-electron chi connectivity index (χ2n) is 6.71. The van der Waals surface area contributed by atoms with Gasteiger partial charge in [0, 0.05) is 39.5 Å². The molecule has 0 aliphatic carbocycles. The van der Waals surface area contributed by atoms with E-state index in [4.69, 9.17) is 4.74 Å². The van der Waals surface area contributed by atoms with Crippen molar-refractivity contribution in [2.24, 2.45) is 5.92 Å². The summed E-state index contributed by atoms with van der Waals surface area (Å²) in [6, 6.07) is 7.86. The molecular formula is C19H29N3O3. The van der Waals surface area contributed by atoms with E-state index in [-0.39, 0.29) is 11.8 Å². The molecule has 0 spiro atoms. The minimum Gasteiger partial charge on any atom is -0.378 e. The third-order valence-electron chi connectivity index (χ3n) is 4.17. The molecule has 1 aromatic carbocycles. The molecule has 1 fully saturated rings. The summed E-state index contributed by atoms with van der Waals surface area (Å²) in [5.74, 6) is 0.330. The first-order chi connectivity index (χ1) is 12.0. The Labute approximate surface area is 150 Å². The minimum atomic E-state index is -0.0580. The van der Waals surface area contributed by atoms with Crippen LogP contribution in [0.3, 0.4) is 0 Å². The first-order valence-electron chi connectivity index (χ1n) is 8.95. The molecule has 1 heterocycles. The van der Waals surface area contributed by atoms with Crippen LogP contribution >= 0.6 is 0 Å². The van der Waals surface area contributed by atoms with Gasteiger partial charge in [0.25, 0.3) is 0 Å². The number of anilines is 2. The van der Waals surface area contributed by atoms with Gasteiger partial charge in [-0.2, -0.15) is 0 Å². The Balaban J connectivity index is 2.09. The molecule has 1 aliphatic heterocycles. The quantitative estimate of drug-likeness (QED) is 0.820. The molecule has 0 bridgehead atoms. The predicted octanol–water partition coefficient (Wildman–Crippen LogP) is 2.04. The van der Waals surface area contributed by atoms with Gasteiger partial charge in [0.05, 0.1) is 24.6 Å². The lowest BCUT2D eigenvalue weighted by Gasteiger charge is -2.33. The number of amides is 2. The summed E-state index contributed by atoms with van der Waals surface area (Å²) in [6.07, 6.45) is 0.295. The lowest BCUT2D eigenvalue weighted by atomic mass is 10.2. The molecule has 25 heavy (non-hydrogen) atoms. The van der Waals surface area contributed by atoms with E-state index in [2.05, 4.69) is 24.1 Å². The Bertz CT molecular complexity index is 583. The Morgan fingerprint density at radius 1 is 1.24 bits per heavy atom. The van der Waals surface area contributed by atoms with Gasteiger partial charge in [-0.3, -0.25) is 9.59 Å². The Kier molecular flexibility index (Phi) is 7.25. The highest BCUT2D eigenvalue weighted by molar-refractivity contribution is 5.96. The molecular weight excluding hydrogens is 318 g/mol. The van der Waals surface area contributed by atoms with Crippen molar-refractivity contribution in [3.63, 3.8) is 0 Å². The lowest BCUT2D eigenvalue weighted by Crippen LogP contribution is -2.39. The first kappa shape index (κ1) is 19.2. The highest BCUT2D eigenvalue weighted by Crippen LogP contribution is 2.30. The van der Waals surface area contributed by atoms with E-state index in [1.54, 1.807) is 11.8 Å². The Hall–Kier alpha value is -2.08. The number of morpholine rings is 1. The number of carbonyl (C=O) groups excluding carboxylic acids is 2. The third kappa shape index (κ3) is 5.74. The van der Waals surface area contributed by atoms with Crippen molar-refractivity contribution in [1.29, 1.82) is 0 Å². The number of hydrogen-bond donors (Lipinski definition) is 1. The number of benzene rings is 1. The van der Waals surface area contributed by atoms with Crippen LogP contribution in [-0.2, 0) is 14.3 Å². The van der Waals surface area contributed by atoms with Gasteiger partial charge in [0.2, 0.25) is 11.8 Å². The number of rotatable bonds is 7. The maximum absolute atomic E-state index is 12.2. The zero-order chi connectivity index (χ0) is 18.2. The first-order valence-corrected chi connectivity index (χ1v) is 8.95. The second kappa shape index (κ2) is 9.42. The fourth-order valence-corrected chi connectivity index (χ4v) is 2.83. The standard InChI is InChI=1S/C19H29N3O3/c1-15(2)14-20-19(24)8-9-22(16(3)23)18-7-5-4-6-17(18)21-10-12-25-13-11-21/h4-7,15H,8-14H2,1-3H3,(H,20,24). The van der Waals surface area contributed by atoms with Crippen LogP contribution in [0.1, 0.15) is 27.2 Å². The largest absolute Gasteiger partial charge is 0.378 e. The summed E-state index contributed by atoms with van der Waals surface area (Å²) in [5.41, 5.74) is 1.87. The number of hydrogen-bond acceptors (Lipinski definition) is 4. The number of ether oxygens (including phenoxy) is 1. The third-order valence-corrected chi connectivity index (χ3v) is 4.17. The molecule has 0 unspecified atom stereocenters. The lowest BCUT2D eigenvalue weighted by molar-refractivity contribution is -0.121. The Morgan fingerprint density at radius 2 is 1.92 bits per heavy atom. The van der Waals surface area contributed by atoms with Gasteiger partial charge >= 0.3 is 0 Å². The van der Waals surface area contributed by atoms with Gasteiger partial charge in [0.15, 0.2) is 0 Å². The van der Waals surface area contributed by atoms with Crippen molar-refractivity contribution < 1.29 is 14.3 Å². The van der Waals surface area contributed by atoms with E-state index in [1.165, 1.54) is 0 Å². The summed E-state index contributed by atoms with van der Waals surface area (Å²) in [6.45, 7) is 9.67. The molecule has 0 atom stereocenters. The van der Waals surface area contributed by atoms with Crippen molar-refractivity contribution in [3.05, 3.63) is 24.3 Å². The molecule has 2 amide bonds. The van der Waals surface area contributed by atoms with Crippen LogP contribution in [0.25, 0.3) is 0 Å². The van der Waals surface area contributed by atoms with Crippen LogP contribution in [-0.4, -0.2) is 51.2 Å².